The van der Waals surface area contributed by atoms with Gasteiger partial charge in [-0.25, -0.2) is 0 Å². The number of aryl methyl sites for hydroxylation is 1. The first-order valence-corrected chi connectivity index (χ1v) is 6.53. The fourth-order valence-electron chi connectivity index (χ4n) is 2.16. The second-order valence-corrected chi connectivity index (χ2v) is 4.89. The van der Waals surface area contributed by atoms with Crippen LogP contribution in [0.5, 0.6) is 0 Å². The van der Waals surface area contributed by atoms with Crippen LogP contribution < -0.4 is 5.73 Å². The van der Waals surface area contributed by atoms with E-state index in [1.165, 1.54) is 5.56 Å². The zero-order valence-electron chi connectivity index (χ0n) is 11.3. The van der Waals surface area contributed by atoms with Gasteiger partial charge in [-0.2, -0.15) is 0 Å². The van der Waals surface area contributed by atoms with Gasteiger partial charge in [0.25, 0.3) is 0 Å². The lowest BCUT2D eigenvalue weighted by Gasteiger charge is -2.14. The Kier molecular flexibility index (Phi) is 3.87. The number of nitrogens with two attached hydrogens (primary N) is 1. The van der Waals surface area contributed by atoms with E-state index in [1.54, 1.807) is 6.26 Å². The van der Waals surface area contributed by atoms with Crippen molar-refractivity contribution >= 4 is 0 Å². The van der Waals surface area contributed by atoms with E-state index in [9.17, 15) is 0 Å². The van der Waals surface area contributed by atoms with E-state index < -0.39 is 0 Å². The second kappa shape index (κ2) is 5.40. The van der Waals surface area contributed by atoms with Crippen LogP contribution in [0, 0.1) is 6.92 Å². The Morgan fingerprint density at radius 1 is 1.11 bits per heavy atom. The zero-order chi connectivity index (χ0) is 13.1. The van der Waals surface area contributed by atoms with Crippen LogP contribution in [-0.2, 0) is 0 Å². The molecule has 1 aromatic carbocycles. The molecule has 0 aliphatic heterocycles. The van der Waals surface area contributed by atoms with Crippen molar-refractivity contribution in [3.63, 3.8) is 0 Å². The SMILES string of the molecule is CCC(C)c1ccc(C(N)c2ccoc2C)cc1. The van der Waals surface area contributed by atoms with Gasteiger partial charge in [0.15, 0.2) is 0 Å². The number of rotatable bonds is 4. The molecule has 2 N–H and O–H groups in total. The first-order chi connectivity index (χ1) is 8.63. The molecule has 0 saturated heterocycles. The van der Waals surface area contributed by atoms with E-state index in [0.717, 1.165) is 23.3 Å². The third-order valence-electron chi connectivity index (χ3n) is 3.71. The van der Waals surface area contributed by atoms with Gasteiger partial charge in [-0.05, 0) is 36.5 Å². The van der Waals surface area contributed by atoms with E-state index in [0.29, 0.717) is 5.92 Å². The molecule has 0 spiro atoms. The van der Waals surface area contributed by atoms with Gasteiger partial charge in [0.05, 0.1) is 12.3 Å². The summed E-state index contributed by atoms with van der Waals surface area (Å²) in [5.74, 6) is 1.50. The van der Waals surface area contributed by atoms with Crippen molar-refractivity contribution in [1.29, 1.82) is 0 Å². The van der Waals surface area contributed by atoms with Gasteiger partial charge < -0.3 is 10.2 Å². The van der Waals surface area contributed by atoms with E-state index >= 15 is 0 Å². The summed E-state index contributed by atoms with van der Waals surface area (Å²) in [7, 11) is 0. The Bertz CT molecular complexity index is 498. The van der Waals surface area contributed by atoms with Crippen LogP contribution in [0.4, 0.5) is 0 Å². The van der Waals surface area contributed by atoms with Crippen LogP contribution in [0.1, 0.15) is 54.7 Å². The Morgan fingerprint density at radius 2 is 1.72 bits per heavy atom. The van der Waals surface area contributed by atoms with Crippen molar-refractivity contribution in [3.05, 3.63) is 59.0 Å². The standard InChI is InChI=1S/C16H21NO/c1-4-11(2)13-5-7-14(8-6-13)16(17)15-9-10-18-12(15)3/h5-11,16H,4,17H2,1-3H3. The lowest BCUT2D eigenvalue weighted by atomic mass is 9.94. The van der Waals surface area contributed by atoms with Crippen LogP contribution in [0.25, 0.3) is 0 Å². The summed E-state index contributed by atoms with van der Waals surface area (Å²) in [6.45, 7) is 6.40. The van der Waals surface area contributed by atoms with Gasteiger partial charge >= 0.3 is 0 Å². The molecule has 0 saturated carbocycles. The van der Waals surface area contributed by atoms with Crippen molar-refractivity contribution < 1.29 is 4.42 Å². The van der Waals surface area contributed by atoms with E-state index in [1.807, 2.05) is 13.0 Å². The summed E-state index contributed by atoms with van der Waals surface area (Å²) >= 11 is 0. The highest BCUT2D eigenvalue weighted by Gasteiger charge is 2.13. The molecule has 0 aliphatic rings. The highest BCUT2D eigenvalue weighted by Crippen LogP contribution is 2.25. The van der Waals surface area contributed by atoms with Gasteiger partial charge in [-0.3, -0.25) is 0 Å². The molecule has 1 aromatic heterocycles. The summed E-state index contributed by atoms with van der Waals surface area (Å²) in [4.78, 5) is 0. The third-order valence-corrected chi connectivity index (χ3v) is 3.71. The van der Waals surface area contributed by atoms with Crippen LogP contribution in [0.2, 0.25) is 0 Å². The summed E-state index contributed by atoms with van der Waals surface area (Å²) in [6, 6.07) is 10.5. The van der Waals surface area contributed by atoms with Gasteiger partial charge in [0, 0.05) is 5.56 Å². The highest BCUT2D eigenvalue weighted by molar-refractivity contribution is 5.34. The second-order valence-electron chi connectivity index (χ2n) is 4.89. The Labute approximate surface area is 109 Å². The monoisotopic (exact) mass is 243 g/mol. The Hall–Kier alpha value is -1.54. The average Bonchev–Trinajstić information content (AvgIpc) is 2.83. The van der Waals surface area contributed by atoms with Gasteiger partial charge in [-0.15, -0.1) is 0 Å². The van der Waals surface area contributed by atoms with Gasteiger partial charge in [-0.1, -0.05) is 38.1 Å². The van der Waals surface area contributed by atoms with E-state index in [4.69, 9.17) is 10.2 Å². The fourth-order valence-corrected chi connectivity index (χ4v) is 2.16. The van der Waals surface area contributed by atoms with E-state index in [2.05, 4.69) is 38.1 Å². The minimum atomic E-state index is -0.102. The van der Waals surface area contributed by atoms with Gasteiger partial charge in [0.1, 0.15) is 5.76 Å². The molecule has 2 nitrogen and oxygen atoms in total. The fraction of sp³-hybridized carbons (Fsp3) is 0.375. The molecule has 0 aliphatic carbocycles. The number of hydrogen-bond donors (Lipinski definition) is 1. The molecular formula is C16H21NO. The Morgan fingerprint density at radius 3 is 2.22 bits per heavy atom. The minimum Gasteiger partial charge on any atom is -0.469 e. The number of benzene rings is 1. The molecule has 18 heavy (non-hydrogen) atoms. The molecule has 2 heteroatoms. The van der Waals surface area contributed by atoms with Crippen molar-refractivity contribution in [1.82, 2.24) is 0 Å². The minimum absolute atomic E-state index is 0.102. The van der Waals surface area contributed by atoms with Crippen LogP contribution in [0.3, 0.4) is 0 Å². The predicted octanol–water partition coefficient (Wildman–Crippen LogP) is 4.15. The van der Waals surface area contributed by atoms with Crippen molar-refractivity contribution in [2.24, 2.45) is 5.73 Å². The first-order valence-electron chi connectivity index (χ1n) is 6.53. The zero-order valence-corrected chi connectivity index (χ0v) is 11.3. The van der Waals surface area contributed by atoms with Crippen LogP contribution >= 0.6 is 0 Å². The maximum atomic E-state index is 6.26. The molecule has 2 rings (SSSR count). The van der Waals surface area contributed by atoms with Crippen molar-refractivity contribution in [2.75, 3.05) is 0 Å². The maximum absolute atomic E-state index is 6.26. The lowest BCUT2D eigenvalue weighted by molar-refractivity contribution is 0.527. The molecule has 1 heterocycles. The van der Waals surface area contributed by atoms with E-state index in [-0.39, 0.29) is 6.04 Å². The molecule has 0 bridgehead atoms. The topological polar surface area (TPSA) is 39.2 Å². The van der Waals surface area contributed by atoms with Crippen LogP contribution in [-0.4, -0.2) is 0 Å². The quantitative estimate of drug-likeness (QED) is 0.876. The summed E-state index contributed by atoms with van der Waals surface area (Å²) in [5, 5.41) is 0. The molecule has 2 atom stereocenters. The molecule has 2 unspecified atom stereocenters. The molecule has 0 radical (unpaired) electrons. The van der Waals surface area contributed by atoms with Crippen molar-refractivity contribution in [2.45, 2.75) is 39.2 Å². The number of furan rings is 1. The predicted molar refractivity (Wildman–Crippen MR) is 74.6 cm³/mol. The molecule has 0 amide bonds. The molecule has 96 valence electrons. The Balaban J connectivity index is 2.22. The van der Waals surface area contributed by atoms with Gasteiger partial charge in [0.2, 0.25) is 0 Å². The first kappa shape index (κ1) is 12.9. The largest absolute Gasteiger partial charge is 0.469 e. The third kappa shape index (κ3) is 2.49. The number of hydrogen-bond acceptors (Lipinski definition) is 2. The van der Waals surface area contributed by atoms with Crippen molar-refractivity contribution in [3.8, 4) is 0 Å². The maximum Gasteiger partial charge on any atom is 0.105 e. The molecule has 2 aromatic rings. The van der Waals surface area contributed by atoms with Crippen LogP contribution in [0.15, 0.2) is 41.0 Å². The normalized spacial score (nSPS) is 14.4. The lowest BCUT2D eigenvalue weighted by Crippen LogP contribution is -2.12. The highest BCUT2D eigenvalue weighted by atomic mass is 16.3. The molecule has 0 fully saturated rings. The summed E-state index contributed by atoms with van der Waals surface area (Å²) in [5.41, 5.74) is 9.83. The smallest absolute Gasteiger partial charge is 0.105 e. The summed E-state index contributed by atoms with van der Waals surface area (Å²) in [6.07, 6.45) is 2.85. The summed E-state index contributed by atoms with van der Waals surface area (Å²) < 4.78 is 5.31. The molecular weight excluding hydrogens is 222 g/mol. The average molecular weight is 243 g/mol.